The summed E-state index contributed by atoms with van der Waals surface area (Å²) in [5.41, 5.74) is 0.935. The number of hydrogen-bond acceptors (Lipinski definition) is 2. The first kappa shape index (κ1) is 6.21. The Hall–Kier alpha value is -0.790. The molecular formula is C5H9NO. The lowest BCUT2D eigenvalue weighted by Gasteiger charge is -1.77. The molecular weight excluding hydrogens is 90.1 g/mol. The van der Waals surface area contributed by atoms with E-state index in [1.54, 1.807) is 0 Å². The van der Waals surface area contributed by atoms with Gasteiger partial charge in [-0.3, -0.25) is 4.99 Å². The number of nitrogens with zero attached hydrogens (tertiary/aromatic N) is 1. The lowest BCUT2D eigenvalue weighted by atomic mass is 10.5. The number of aliphatic hydroxyl groups excluding tert-OH is 1. The molecule has 0 rings (SSSR count). The molecule has 0 saturated heterocycles. The van der Waals surface area contributed by atoms with Gasteiger partial charge in [0.05, 0.1) is 12.5 Å². The summed E-state index contributed by atoms with van der Waals surface area (Å²) < 4.78 is 0. The predicted molar refractivity (Wildman–Crippen MR) is 30.6 cm³/mol. The molecule has 0 aromatic carbocycles. The summed E-state index contributed by atoms with van der Waals surface area (Å²) in [6, 6.07) is 0. The van der Waals surface area contributed by atoms with Gasteiger partial charge in [0.2, 0.25) is 0 Å². The van der Waals surface area contributed by atoms with Gasteiger partial charge >= 0.3 is 0 Å². The average molecular weight is 99.1 g/mol. The van der Waals surface area contributed by atoms with Crippen molar-refractivity contribution in [2.45, 2.75) is 13.8 Å². The Kier molecular flexibility index (Phi) is 3.02. The van der Waals surface area contributed by atoms with Crippen molar-refractivity contribution < 1.29 is 5.11 Å². The van der Waals surface area contributed by atoms with E-state index < -0.39 is 0 Å². The number of aliphatic imine (C=N–C) groups is 1. The fourth-order valence-corrected chi connectivity index (χ4v) is 0.182. The third kappa shape index (κ3) is 5.21. The van der Waals surface area contributed by atoms with Gasteiger partial charge in [-0.15, -0.1) is 0 Å². The first-order valence-electron chi connectivity index (χ1n) is 2.07. The minimum Gasteiger partial charge on any atom is -0.514 e. The highest BCUT2D eigenvalue weighted by Gasteiger charge is 1.67. The van der Waals surface area contributed by atoms with Crippen LogP contribution in [0.25, 0.3) is 0 Å². The van der Waals surface area contributed by atoms with Gasteiger partial charge in [0, 0.05) is 5.71 Å². The standard InChI is InChI=1S/C5H9NO/c1-5(2)6-3-4-7/h3-4,7H,1-2H3/b4-3-. The molecule has 0 aromatic rings. The van der Waals surface area contributed by atoms with Crippen LogP contribution >= 0.6 is 0 Å². The minimum atomic E-state index is 0.910. The second-order valence-corrected chi connectivity index (χ2v) is 1.37. The van der Waals surface area contributed by atoms with E-state index >= 15 is 0 Å². The van der Waals surface area contributed by atoms with E-state index in [1.165, 1.54) is 6.20 Å². The number of rotatable bonds is 1. The van der Waals surface area contributed by atoms with Crippen molar-refractivity contribution in [1.82, 2.24) is 0 Å². The highest BCUT2D eigenvalue weighted by atomic mass is 16.2. The first-order chi connectivity index (χ1) is 3.27. The van der Waals surface area contributed by atoms with Gasteiger partial charge in [-0.25, -0.2) is 0 Å². The summed E-state index contributed by atoms with van der Waals surface area (Å²) in [7, 11) is 0. The molecule has 0 radical (unpaired) electrons. The monoisotopic (exact) mass is 99.1 g/mol. The Morgan fingerprint density at radius 1 is 1.57 bits per heavy atom. The lowest BCUT2D eigenvalue weighted by Crippen LogP contribution is -1.74. The second-order valence-electron chi connectivity index (χ2n) is 1.37. The van der Waals surface area contributed by atoms with E-state index in [-0.39, 0.29) is 0 Å². The zero-order valence-electron chi connectivity index (χ0n) is 4.55. The van der Waals surface area contributed by atoms with Crippen molar-refractivity contribution in [2.75, 3.05) is 0 Å². The number of hydrogen-bond donors (Lipinski definition) is 1. The van der Waals surface area contributed by atoms with Gasteiger partial charge in [-0.05, 0) is 13.8 Å². The van der Waals surface area contributed by atoms with Crippen LogP contribution in [0.5, 0.6) is 0 Å². The molecule has 1 N–H and O–H groups in total. The lowest BCUT2D eigenvalue weighted by molar-refractivity contribution is 0.472. The van der Waals surface area contributed by atoms with Crippen molar-refractivity contribution in [1.29, 1.82) is 0 Å². The molecule has 0 fully saturated rings. The van der Waals surface area contributed by atoms with Crippen LogP contribution in [-0.4, -0.2) is 10.8 Å². The van der Waals surface area contributed by atoms with E-state index in [0.29, 0.717) is 0 Å². The third-order valence-electron chi connectivity index (χ3n) is 0.399. The van der Waals surface area contributed by atoms with Gasteiger partial charge in [0.25, 0.3) is 0 Å². The van der Waals surface area contributed by atoms with Crippen molar-refractivity contribution in [3.05, 3.63) is 12.5 Å². The molecule has 0 aromatic heterocycles. The van der Waals surface area contributed by atoms with Crippen LogP contribution in [0.4, 0.5) is 0 Å². The average Bonchev–Trinajstić information content (AvgIpc) is 1.61. The summed E-state index contributed by atoms with van der Waals surface area (Å²) in [4.78, 5) is 3.73. The highest BCUT2D eigenvalue weighted by molar-refractivity contribution is 5.79. The van der Waals surface area contributed by atoms with Crippen molar-refractivity contribution in [3.63, 3.8) is 0 Å². The molecule has 0 aliphatic heterocycles. The molecule has 0 amide bonds. The topological polar surface area (TPSA) is 32.6 Å². The maximum Gasteiger partial charge on any atom is 0.0974 e. The molecule has 0 atom stereocenters. The molecule has 0 unspecified atom stereocenters. The Balaban J connectivity index is 3.46. The Bertz CT molecular complexity index is 90.3. The van der Waals surface area contributed by atoms with E-state index in [1.807, 2.05) is 13.8 Å². The van der Waals surface area contributed by atoms with E-state index in [0.717, 1.165) is 12.0 Å². The van der Waals surface area contributed by atoms with E-state index in [4.69, 9.17) is 5.11 Å². The molecule has 2 heteroatoms. The zero-order valence-corrected chi connectivity index (χ0v) is 4.55. The van der Waals surface area contributed by atoms with Crippen molar-refractivity contribution in [2.24, 2.45) is 4.99 Å². The maximum absolute atomic E-state index is 8.03. The molecule has 7 heavy (non-hydrogen) atoms. The normalized spacial score (nSPS) is 9.43. The third-order valence-corrected chi connectivity index (χ3v) is 0.399. The number of aliphatic hydroxyl groups is 1. The van der Waals surface area contributed by atoms with Crippen LogP contribution < -0.4 is 0 Å². The summed E-state index contributed by atoms with van der Waals surface area (Å²) >= 11 is 0. The van der Waals surface area contributed by atoms with Crippen LogP contribution in [0.2, 0.25) is 0 Å². The molecule has 0 bridgehead atoms. The van der Waals surface area contributed by atoms with Crippen LogP contribution in [-0.2, 0) is 0 Å². The van der Waals surface area contributed by atoms with E-state index in [2.05, 4.69) is 4.99 Å². The van der Waals surface area contributed by atoms with Crippen LogP contribution in [0, 0.1) is 0 Å². The molecule has 0 saturated carbocycles. The van der Waals surface area contributed by atoms with Gasteiger partial charge < -0.3 is 5.11 Å². The molecule has 0 aliphatic carbocycles. The van der Waals surface area contributed by atoms with Gasteiger partial charge in [-0.2, -0.15) is 0 Å². The fourth-order valence-electron chi connectivity index (χ4n) is 0.182. The van der Waals surface area contributed by atoms with Crippen LogP contribution in [0.3, 0.4) is 0 Å². The smallest absolute Gasteiger partial charge is 0.0974 e. The summed E-state index contributed by atoms with van der Waals surface area (Å²) in [6.07, 6.45) is 2.25. The summed E-state index contributed by atoms with van der Waals surface area (Å²) in [6.45, 7) is 3.72. The Morgan fingerprint density at radius 3 is 2.29 bits per heavy atom. The predicted octanol–water partition coefficient (Wildman–Crippen LogP) is 1.50. The molecule has 0 spiro atoms. The summed E-state index contributed by atoms with van der Waals surface area (Å²) in [5, 5.41) is 8.03. The van der Waals surface area contributed by atoms with Gasteiger partial charge in [0.1, 0.15) is 0 Å². The van der Waals surface area contributed by atoms with Crippen LogP contribution in [0.15, 0.2) is 17.5 Å². The van der Waals surface area contributed by atoms with Crippen molar-refractivity contribution >= 4 is 5.71 Å². The molecule has 2 nitrogen and oxygen atoms in total. The Morgan fingerprint density at radius 2 is 2.14 bits per heavy atom. The minimum absolute atomic E-state index is 0.910. The van der Waals surface area contributed by atoms with E-state index in [9.17, 15) is 0 Å². The molecule has 0 aliphatic rings. The molecule has 40 valence electrons. The maximum atomic E-state index is 8.03. The quantitative estimate of drug-likeness (QED) is 0.392. The fraction of sp³-hybridized carbons (Fsp3) is 0.400. The highest BCUT2D eigenvalue weighted by Crippen LogP contribution is 1.74. The van der Waals surface area contributed by atoms with Gasteiger partial charge in [-0.1, -0.05) is 0 Å². The Labute approximate surface area is 43.2 Å². The largest absolute Gasteiger partial charge is 0.514 e. The molecule has 0 heterocycles. The van der Waals surface area contributed by atoms with Crippen LogP contribution in [0.1, 0.15) is 13.8 Å². The van der Waals surface area contributed by atoms with Crippen molar-refractivity contribution in [3.8, 4) is 0 Å². The zero-order chi connectivity index (χ0) is 5.70. The first-order valence-corrected chi connectivity index (χ1v) is 2.07. The second kappa shape index (κ2) is 3.40. The summed E-state index contributed by atoms with van der Waals surface area (Å²) in [5.74, 6) is 0. The SMILES string of the molecule is CC(C)=N/C=C\O. The van der Waals surface area contributed by atoms with Gasteiger partial charge in [0.15, 0.2) is 0 Å².